The van der Waals surface area contributed by atoms with E-state index in [4.69, 9.17) is 0 Å². The van der Waals surface area contributed by atoms with Crippen LogP contribution in [-0.2, 0) is 12.8 Å². The topological polar surface area (TPSA) is 43.6 Å². The molecule has 0 amide bonds. The van der Waals surface area contributed by atoms with E-state index >= 15 is 0 Å². The van der Waals surface area contributed by atoms with Gasteiger partial charge in [0.1, 0.15) is 18.0 Å². The van der Waals surface area contributed by atoms with Gasteiger partial charge in [0.2, 0.25) is 0 Å². The molecule has 0 unspecified atom stereocenters. The van der Waals surface area contributed by atoms with Gasteiger partial charge < -0.3 is 0 Å². The molecule has 0 aromatic carbocycles. The highest BCUT2D eigenvalue weighted by Gasteiger charge is 2.04. The van der Waals surface area contributed by atoms with E-state index < -0.39 is 0 Å². The molecule has 0 radical (unpaired) electrons. The maximum atomic E-state index is 4.27. The Labute approximate surface area is 89.0 Å². The summed E-state index contributed by atoms with van der Waals surface area (Å²) in [5.41, 5.74) is 1.05. The lowest BCUT2D eigenvalue weighted by molar-refractivity contribution is 0.851. The third-order valence-corrected chi connectivity index (χ3v) is 2.35. The monoisotopic (exact) mass is 202 g/mol. The minimum absolute atomic E-state index is 0.899. The van der Waals surface area contributed by atoms with Gasteiger partial charge in [-0.25, -0.2) is 15.0 Å². The van der Waals surface area contributed by atoms with E-state index in [1.54, 1.807) is 12.5 Å². The molecular formula is C11H14N4. The maximum absolute atomic E-state index is 4.27. The number of aromatic nitrogens is 4. The lowest BCUT2D eigenvalue weighted by atomic mass is 10.3. The molecule has 0 aliphatic heterocycles. The van der Waals surface area contributed by atoms with Crippen molar-refractivity contribution in [3.63, 3.8) is 0 Å². The Morgan fingerprint density at radius 2 is 2.00 bits per heavy atom. The largest absolute Gasteiger partial charge is 0.288 e. The van der Waals surface area contributed by atoms with Crippen molar-refractivity contribution in [3.8, 4) is 5.82 Å². The van der Waals surface area contributed by atoms with Crippen LogP contribution in [0.4, 0.5) is 0 Å². The van der Waals surface area contributed by atoms with Crippen molar-refractivity contribution in [2.24, 2.45) is 0 Å². The average molecular weight is 202 g/mol. The van der Waals surface area contributed by atoms with Crippen molar-refractivity contribution in [3.05, 3.63) is 36.3 Å². The average Bonchev–Trinajstić information content (AvgIpc) is 2.77. The van der Waals surface area contributed by atoms with Crippen LogP contribution in [0.15, 0.2) is 24.8 Å². The van der Waals surface area contributed by atoms with Gasteiger partial charge in [0.05, 0.1) is 0 Å². The zero-order chi connectivity index (χ0) is 10.7. The molecule has 2 heterocycles. The van der Waals surface area contributed by atoms with Gasteiger partial charge in [0.15, 0.2) is 0 Å². The molecule has 0 saturated heterocycles. The molecule has 4 nitrogen and oxygen atoms in total. The summed E-state index contributed by atoms with van der Waals surface area (Å²) >= 11 is 0. The highest BCUT2D eigenvalue weighted by Crippen LogP contribution is 2.09. The van der Waals surface area contributed by atoms with Gasteiger partial charge in [-0.1, -0.05) is 13.8 Å². The smallest absolute Gasteiger partial charge is 0.141 e. The van der Waals surface area contributed by atoms with Gasteiger partial charge in [0, 0.05) is 30.6 Å². The fourth-order valence-electron chi connectivity index (χ4n) is 1.52. The number of imidazole rings is 1. The van der Waals surface area contributed by atoms with Crippen LogP contribution >= 0.6 is 0 Å². The van der Waals surface area contributed by atoms with Crippen LogP contribution in [0.3, 0.4) is 0 Å². The molecule has 0 saturated carbocycles. The summed E-state index contributed by atoms with van der Waals surface area (Å²) in [6.07, 6.45) is 7.16. The molecule has 78 valence electrons. The Hall–Kier alpha value is -1.71. The minimum atomic E-state index is 0.899. The van der Waals surface area contributed by atoms with Crippen LogP contribution in [0.2, 0.25) is 0 Å². The molecule has 0 aliphatic carbocycles. The quantitative estimate of drug-likeness (QED) is 0.762. The molecule has 0 fully saturated rings. The summed E-state index contributed by atoms with van der Waals surface area (Å²) in [5.74, 6) is 1.92. The van der Waals surface area contributed by atoms with E-state index in [0.717, 1.165) is 30.2 Å². The van der Waals surface area contributed by atoms with E-state index in [9.17, 15) is 0 Å². The summed E-state index contributed by atoms with van der Waals surface area (Å²) < 4.78 is 2.00. The Balaban J connectivity index is 2.44. The highest BCUT2D eigenvalue weighted by molar-refractivity contribution is 5.25. The maximum Gasteiger partial charge on any atom is 0.141 e. The standard InChI is InChI=1S/C11H14N4/c1-3-9-7-11(14-8-13-9)15-6-5-12-10(15)4-2/h5-8H,3-4H2,1-2H3. The molecule has 0 aliphatic rings. The first-order chi connectivity index (χ1) is 7.35. The summed E-state index contributed by atoms with van der Waals surface area (Å²) in [6, 6.07) is 2.00. The number of hydrogen-bond acceptors (Lipinski definition) is 3. The third kappa shape index (κ3) is 1.88. The van der Waals surface area contributed by atoms with E-state index in [-0.39, 0.29) is 0 Å². The number of hydrogen-bond donors (Lipinski definition) is 0. The van der Waals surface area contributed by atoms with Crippen molar-refractivity contribution in [2.75, 3.05) is 0 Å². The molecule has 0 spiro atoms. The van der Waals surface area contributed by atoms with Crippen molar-refractivity contribution in [1.29, 1.82) is 0 Å². The van der Waals surface area contributed by atoms with Crippen LogP contribution in [0.25, 0.3) is 5.82 Å². The summed E-state index contributed by atoms with van der Waals surface area (Å²) in [6.45, 7) is 4.17. The van der Waals surface area contributed by atoms with E-state index in [1.165, 1.54) is 0 Å². The van der Waals surface area contributed by atoms with Crippen LogP contribution in [-0.4, -0.2) is 19.5 Å². The second-order valence-electron chi connectivity index (χ2n) is 3.29. The van der Waals surface area contributed by atoms with Crippen molar-refractivity contribution in [2.45, 2.75) is 26.7 Å². The Morgan fingerprint density at radius 3 is 2.73 bits per heavy atom. The molecule has 15 heavy (non-hydrogen) atoms. The zero-order valence-electron chi connectivity index (χ0n) is 9.01. The molecule has 2 rings (SSSR count). The predicted molar refractivity (Wildman–Crippen MR) is 57.9 cm³/mol. The third-order valence-electron chi connectivity index (χ3n) is 2.35. The molecular weight excluding hydrogens is 188 g/mol. The molecule has 0 bridgehead atoms. The van der Waals surface area contributed by atoms with Crippen LogP contribution in [0.5, 0.6) is 0 Å². The summed E-state index contributed by atoms with van der Waals surface area (Å²) in [4.78, 5) is 12.7. The second-order valence-corrected chi connectivity index (χ2v) is 3.29. The van der Waals surface area contributed by atoms with Crippen molar-refractivity contribution >= 4 is 0 Å². The summed E-state index contributed by atoms with van der Waals surface area (Å²) in [5, 5.41) is 0. The first kappa shape index (κ1) is 9.83. The molecule has 2 aromatic rings. The van der Waals surface area contributed by atoms with E-state index in [1.807, 2.05) is 16.8 Å². The first-order valence-corrected chi connectivity index (χ1v) is 5.18. The van der Waals surface area contributed by atoms with E-state index in [2.05, 4.69) is 28.8 Å². The van der Waals surface area contributed by atoms with Gasteiger partial charge in [-0.05, 0) is 6.42 Å². The second kappa shape index (κ2) is 4.21. The van der Waals surface area contributed by atoms with Gasteiger partial charge in [-0.2, -0.15) is 0 Å². The van der Waals surface area contributed by atoms with Crippen LogP contribution in [0.1, 0.15) is 25.4 Å². The van der Waals surface area contributed by atoms with E-state index in [0.29, 0.717) is 0 Å². The van der Waals surface area contributed by atoms with Gasteiger partial charge in [-0.3, -0.25) is 4.57 Å². The lowest BCUT2D eigenvalue weighted by Gasteiger charge is -2.05. The van der Waals surface area contributed by atoms with Crippen molar-refractivity contribution in [1.82, 2.24) is 19.5 Å². The number of aryl methyl sites for hydroxylation is 2. The number of rotatable bonds is 3. The summed E-state index contributed by atoms with van der Waals surface area (Å²) in [7, 11) is 0. The van der Waals surface area contributed by atoms with Gasteiger partial charge >= 0.3 is 0 Å². The Morgan fingerprint density at radius 1 is 1.13 bits per heavy atom. The fourth-order valence-corrected chi connectivity index (χ4v) is 1.52. The number of nitrogens with zero attached hydrogens (tertiary/aromatic N) is 4. The fraction of sp³-hybridized carbons (Fsp3) is 0.364. The first-order valence-electron chi connectivity index (χ1n) is 5.18. The lowest BCUT2D eigenvalue weighted by Crippen LogP contribution is -2.03. The zero-order valence-corrected chi connectivity index (χ0v) is 9.01. The normalized spacial score (nSPS) is 10.5. The van der Waals surface area contributed by atoms with Crippen molar-refractivity contribution < 1.29 is 0 Å². The SMILES string of the molecule is CCc1cc(-n2ccnc2CC)ncn1. The van der Waals surface area contributed by atoms with Crippen LogP contribution in [0, 0.1) is 0 Å². The Kier molecular flexibility index (Phi) is 2.76. The van der Waals surface area contributed by atoms with Gasteiger partial charge in [0.25, 0.3) is 0 Å². The molecule has 2 aromatic heterocycles. The predicted octanol–water partition coefficient (Wildman–Crippen LogP) is 1.79. The Bertz CT molecular complexity index is 447. The highest BCUT2D eigenvalue weighted by atomic mass is 15.1. The molecule has 0 atom stereocenters. The molecule has 4 heteroatoms. The van der Waals surface area contributed by atoms with Crippen LogP contribution < -0.4 is 0 Å². The molecule has 0 N–H and O–H groups in total. The van der Waals surface area contributed by atoms with Gasteiger partial charge in [-0.15, -0.1) is 0 Å². The minimum Gasteiger partial charge on any atom is -0.288 e.